The van der Waals surface area contributed by atoms with Gasteiger partial charge < -0.3 is 5.32 Å². The van der Waals surface area contributed by atoms with Gasteiger partial charge in [-0.15, -0.1) is 0 Å². The fourth-order valence-corrected chi connectivity index (χ4v) is 2.96. The van der Waals surface area contributed by atoms with Crippen molar-refractivity contribution >= 4 is 0 Å². The summed E-state index contributed by atoms with van der Waals surface area (Å²) in [5.74, 6) is 1.42. The van der Waals surface area contributed by atoms with E-state index in [0.29, 0.717) is 18.0 Å². The Morgan fingerprint density at radius 1 is 1.16 bits per heavy atom. The Morgan fingerprint density at radius 3 is 2.42 bits per heavy atom. The molecular weight excluding hydrogens is 232 g/mol. The number of rotatable bonds is 4. The summed E-state index contributed by atoms with van der Waals surface area (Å²) in [4.78, 5) is 2.67. The molecule has 1 saturated heterocycles. The fourth-order valence-electron chi connectivity index (χ4n) is 2.96. The second-order valence-electron chi connectivity index (χ2n) is 6.53. The van der Waals surface area contributed by atoms with E-state index in [-0.39, 0.29) is 0 Å². The van der Waals surface area contributed by atoms with Gasteiger partial charge in [0.2, 0.25) is 0 Å². The molecule has 0 bridgehead atoms. The third-order valence-electron chi connectivity index (χ3n) is 4.03. The molecule has 2 atom stereocenters. The van der Waals surface area contributed by atoms with Crippen molar-refractivity contribution in [3.8, 4) is 0 Å². The van der Waals surface area contributed by atoms with Crippen LogP contribution in [0, 0.1) is 11.8 Å². The van der Waals surface area contributed by atoms with Gasteiger partial charge >= 0.3 is 0 Å². The van der Waals surface area contributed by atoms with Gasteiger partial charge in [-0.25, -0.2) is 0 Å². The molecule has 2 rings (SSSR count). The average molecular weight is 260 g/mol. The molecule has 1 aromatic rings. The lowest BCUT2D eigenvalue weighted by Crippen LogP contribution is -2.54. The van der Waals surface area contributed by atoms with Crippen molar-refractivity contribution in [2.24, 2.45) is 11.8 Å². The summed E-state index contributed by atoms with van der Waals surface area (Å²) >= 11 is 0. The predicted octanol–water partition coefficient (Wildman–Crippen LogP) is 3.31. The Bertz CT molecular complexity index is 372. The van der Waals surface area contributed by atoms with Crippen molar-refractivity contribution in [3.63, 3.8) is 0 Å². The van der Waals surface area contributed by atoms with Gasteiger partial charge in [0.15, 0.2) is 0 Å². The van der Waals surface area contributed by atoms with E-state index in [1.807, 2.05) is 0 Å². The quantitative estimate of drug-likeness (QED) is 0.893. The first-order valence-corrected chi connectivity index (χ1v) is 7.60. The predicted molar refractivity (Wildman–Crippen MR) is 82.2 cm³/mol. The van der Waals surface area contributed by atoms with Crippen LogP contribution in [0.5, 0.6) is 0 Å². The molecule has 1 aromatic carbocycles. The van der Waals surface area contributed by atoms with E-state index in [1.165, 1.54) is 12.1 Å². The lowest BCUT2D eigenvalue weighted by Gasteiger charge is -2.43. The highest BCUT2D eigenvalue weighted by Gasteiger charge is 2.30. The lowest BCUT2D eigenvalue weighted by molar-refractivity contribution is 0.101. The van der Waals surface area contributed by atoms with Crippen LogP contribution in [0.15, 0.2) is 30.3 Å². The number of nitrogens with zero attached hydrogens (tertiary/aromatic N) is 1. The first-order valence-electron chi connectivity index (χ1n) is 7.60. The molecule has 0 saturated carbocycles. The van der Waals surface area contributed by atoms with Crippen LogP contribution < -0.4 is 5.32 Å². The molecule has 0 amide bonds. The van der Waals surface area contributed by atoms with Crippen LogP contribution in [0.1, 0.15) is 39.3 Å². The van der Waals surface area contributed by atoms with E-state index < -0.39 is 0 Å². The van der Waals surface area contributed by atoms with Crippen LogP contribution in [0.2, 0.25) is 0 Å². The zero-order valence-corrected chi connectivity index (χ0v) is 12.8. The first-order chi connectivity index (χ1) is 9.08. The molecule has 1 heterocycles. The summed E-state index contributed by atoms with van der Waals surface area (Å²) in [5.41, 5.74) is 1.44. The molecule has 2 unspecified atom stereocenters. The van der Waals surface area contributed by atoms with Gasteiger partial charge in [-0.05, 0) is 17.4 Å². The van der Waals surface area contributed by atoms with E-state index in [2.05, 4.69) is 68.2 Å². The largest absolute Gasteiger partial charge is 0.311 e. The molecule has 19 heavy (non-hydrogen) atoms. The third-order valence-corrected chi connectivity index (χ3v) is 4.03. The summed E-state index contributed by atoms with van der Waals surface area (Å²) < 4.78 is 0. The highest BCUT2D eigenvalue weighted by atomic mass is 15.2. The van der Waals surface area contributed by atoms with Crippen molar-refractivity contribution < 1.29 is 0 Å². The molecule has 106 valence electrons. The molecule has 1 N–H and O–H groups in total. The van der Waals surface area contributed by atoms with Crippen LogP contribution in [-0.4, -0.2) is 30.6 Å². The van der Waals surface area contributed by atoms with Gasteiger partial charge in [-0.3, -0.25) is 4.90 Å². The Morgan fingerprint density at radius 2 is 1.84 bits per heavy atom. The number of piperazine rings is 1. The molecule has 0 aromatic heterocycles. The fraction of sp³-hybridized carbons (Fsp3) is 0.647. The van der Waals surface area contributed by atoms with Crippen molar-refractivity contribution in [1.82, 2.24) is 10.2 Å². The number of nitrogens with one attached hydrogen (secondary N) is 1. The minimum absolute atomic E-state index is 0.526. The smallest absolute Gasteiger partial charge is 0.0473 e. The Kier molecular flexibility index (Phi) is 5.00. The van der Waals surface area contributed by atoms with Gasteiger partial charge in [-0.2, -0.15) is 0 Å². The van der Waals surface area contributed by atoms with Crippen molar-refractivity contribution in [1.29, 1.82) is 0 Å². The number of benzene rings is 1. The Labute approximate surface area is 118 Å². The molecule has 0 aliphatic carbocycles. The van der Waals surface area contributed by atoms with Gasteiger partial charge in [0.1, 0.15) is 0 Å². The zero-order valence-electron chi connectivity index (χ0n) is 12.8. The molecule has 2 nitrogen and oxygen atoms in total. The number of hydrogen-bond acceptors (Lipinski definition) is 2. The van der Waals surface area contributed by atoms with Crippen molar-refractivity contribution in [2.75, 3.05) is 19.6 Å². The zero-order chi connectivity index (χ0) is 13.8. The maximum Gasteiger partial charge on any atom is 0.0473 e. The molecule has 0 radical (unpaired) electrons. The molecule has 0 spiro atoms. The molecular formula is C17H28N2. The van der Waals surface area contributed by atoms with Crippen molar-refractivity contribution in [2.45, 2.75) is 39.8 Å². The van der Waals surface area contributed by atoms with Crippen LogP contribution in [0.3, 0.4) is 0 Å². The van der Waals surface area contributed by atoms with Gasteiger partial charge in [-0.1, -0.05) is 58.0 Å². The second-order valence-corrected chi connectivity index (χ2v) is 6.53. The van der Waals surface area contributed by atoms with Crippen LogP contribution in [0.25, 0.3) is 0 Å². The Hall–Kier alpha value is -0.860. The van der Waals surface area contributed by atoms with E-state index in [1.54, 1.807) is 0 Å². The molecule has 1 aliphatic rings. The van der Waals surface area contributed by atoms with Crippen molar-refractivity contribution in [3.05, 3.63) is 35.9 Å². The summed E-state index contributed by atoms with van der Waals surface area (Å²) in [7, 11) is 0. The second kappa shape index (κ2) is 6.53. The highest BCUT2D eigenvalue weighted by molar-refractivity contribution is 5.20. The topological polar surface area (TPSA) is 15.3 Å². The van der Waals surface area contributed by atoms with Gasteiger partial charge in [0.25, 0.3) is 0 Å². The van der Waals surface area contributed by atoms with E-state index in [4.69, 9.17) is 0 Å². The van der Waals surface area contributed by atoms with E-state index in [9.17, 15) is 0 Å². The minimum atomic E-state index is 0.526. The summed E-state index contributed by atoms with van der Waals surface area (Å²) in [6, 6.07) is 12.1. The molecule has 2 heteroatoms. The summed E-state index contributed by atoms with van der Waals surface area (Å²) in [6.45, 7) is 12.7. The van der Waals surface area contributed by atoms with Gasteiger partial charge in [0, 0.05) is 31.7 Å². The summed E-state index contributed by atoms with van der Waals surface area (Å²) in [5, 5.41) is 3.73. The minimum Gasteiger partial charge on any atom is -0.311 e. The maximum atomic E-state index is 3.73. The Balaban J connectivity index is 2.13. The lowest BCUT2D eigenvalue weighted by atomic mass is 9.95. The molecule has 1 fully saturated rings. The maximum absolute atomic E-state index is 3.73. The van der Waals surface area contributed by atoms with Gasteiger partial charge in [0.05, 0.1) is 0 Å². The first kappa shape index (κ1) is 14.5. The summed E-state index contributed by atoms with van der Waals surface area (Å²) in [6.07, 6.45) is 0. The third kappa shape index (κ3) is 3.80. The SMILES string of the molecule is CC(C)CN1CC(C(C)C)NCC1c1ccccc1. The van der Waals surface area contributed by atoms with Crippen LogP contribution >= 0.6 is 0 Å². The monoisotopic (exact) mass is 260 g/mol. The standard InChI is InChI=1S/C17H28N2/c1-13(2)11-19-12-16(14(3)4)18-10-17(19)15-8-6-5-7-9-15/h5-9,13-14,16-18H,10-12H2,1-4H3. The van der Waals surface area contributed by atoms with Crippen LogP contribution in [0.4, 0.5) is 0 Å². The number of hydrogen-bond donors (Lipinski definition) is 1. The molecule has 1 aliphatic heterocycles. The highest BCUT2D eigenvalue weighted by Crippen LogP contribution is 2.26. The average Bonchev–Trinajstić information content (AvgIpc) is 2.39. The van der Waals surface area contributed by atoms with E-state index in [0.717, 1.165) is 19.0 Å². The normalized spacial score (nSPS) is 25.2. The van der Waals surface area contributed by atoms with Crippen LogP contribution in [-0.2, 0) is 0 Å². The van der Waals surface area contributed by atoms with E-state index >= 15 is 0 Å².